The first-order valence-electron chi connectivity index (χ1n) is 6.12. The van der Waals surface area contributed by atoms with Crippen LogP contribution in [0.1, 0.15) is 29.3 Å². The molecule has 0 aliphatic heterocycles. The maximum Gasteiger partial charge on any atom is 0.332 e. The van der Waals surface area contributed by atoms with Crippen LogP contribution in [0.2, 0.25) is 0 Å². The smallest absolute Gasteiger partial charge is 0.332 e. The van der Waals surface area contributed by atoms with E-state index in [0.29, 0.717) is 16.0 Å². The number of aryl methyl sites for hydroxylation is 2. The minimum Gasteiger partial charge on any atom is -0.453 e. The molecule has 7 heteroatoms. The van der Waals surface area contributed by atoms with Gasteiger partial charge in [0.15, 0.2) is 11.9 Å². The zero-order valence-electron chi connectivity index (χ0n) is 11.8. The summed E-state index contributed by atoms with van der Waals surface area (Å²) in [5, 5.41) is 0.603. The lowest BCUT2D eigenvalue weighted by molar-refractivity contribution is -0.153. The zero-order chi connectivity index (χ0) is 14.9. The van der Waals surface area contributed by atoms with Gasteiger partial charge in [-0.25, -0.2) is 9.78 Å². The van der Waals surface area contributed by atoms with Crippen LogP contribution in [0.3, 0.4) is 0 Å². The van der Waals surface area contributed by atoms with Gasteiger partial charge < -0.3 is 14.5 Å². The fourth-order valence-electron chi connectivity index (χ4n) is 1.87. The highest BCUT2D eigenvalue weighted by Crippen LogP contribution is 2.26. The summed E-state index contributed by atoms with van der Waals surface area (Å²) in [7, 11) is 1.41. The van der Waals surface area contributed by atoms with E-state index in [2.05, 4.69) is 14.7 Å². The Morgan fingerprint density at radius 1 is 1.45 bits per heavy atom. The predicted octanol–water partition coefficient (Wildman–Crippen LogP) is 1.85. The van der Waals surface area contributed by atoms with Crippen molar-refractivity contribution in [2.75, 3.05) is 13.7 Å². The Morgan fingerprint density at radius 3 is 2.80 bits per heavy atom. The zero-order valence-corrected chi connectivity index (χ0v) is 12.6. The number of aromatic amines is 1. The lowest BCUT2D eigenvalue weighted by Gasteiger charge is -2.12. The maximum atomic E-state index is 12.1. The number of methoxy groups -OCH3 is 1. The average Bonchev–Trinajstić information content (AvgIpc) is 2.65. The van der Waals surface area contributed by atoms with Gasteiger partial charge in [-0.15, -0.1) is 11.3 Å². The van der Waals surface area contributed by atoms with E-state index in [4.69, 9.17) is 4.74 Å². The van der Waals surface area contributed by atoms with Crippen LogP contribution in [0.4, 0.5) is 0 Å². The highest BCUT2D eigenvalue weighted by atomic mass is 32.1. The number of fused-ring (bicyclic) bond motifs is 1. The number of aromatic nitrogens is 2. The van der Waals surface area contributed by atoms with Gasteiger partial charge in [0.25, 0.3) is 5.56 Å². The number of thiophene rings is 1. The number of esters is 1. The first kappa shape index (κ1) is 14.7. The molecule has 2 heterocycles. The molecule has 0 unspecified atom stereocenters. The van der Waals surface area contributed by atoms with E-state index in [9.17, 15) is 9.59 Å². The quantitative estimate of drug-likeness (QED) is 0.871. The summed E-state index contributed by atoms with van der Waals surface area (Å²) in [4.78, 5) is 32.2. The van der Waals surface area contributed by atoms with Crippen molar-refractivity contribution in [3.05, 3.63) is 26.6 Å². The lowest BCUT2D eigenvalue weighted by Crippen LogP contribution is -2.19. The van der Waals surface area contributed by atoms with E-state index in [0.717, 1.165) is 10.4 Å². The molecule has 0 saturated heterocycles. The predicted molar refractivity (Wildman–Crippen MR) is 76.1 cm³/mol. The summed E-state index contributed by atoms with van der Waals surface area (Å²) in [6, 6.07) is 0. The van der Waals surface area contributed by atoms with Gasteiger partial charge in [0.2, 0.25) is 0 Å². The van der Waals surface area contributed by atoms with Gasteiger partial charge in [0.05, 0.1) is 5.39 Å². The third kappa shape index (κ3) is 2.73. The van der Waals surface area contributed by atoms with Crippen LogP contribution in [0.15, 0.2) is 4.79 Å². The summed E-state index contributed by atoms with van der Waals surface area (Å²) in [6.07, 6.45) is -0.627. The Balaban J connectivity index is 2.36. The Morgan fingerprint density at radius 2 is 2.15 bits per heavy atom. The average molecular weight is 296 g/mol. The molecule has 0 saturated carbocycles. The van der Waals surface area contributed by atoms with Gasteiger partial charge >= 0.3 is 5.97 Å². The third-order valence-electron chi connectivity index (χ3n) is 3.01. The Bertz CT molecular complexity index is 704. The molecule has 0 bridgehead atoms. The second-order valence-electron chi connectivity index (χ2n) is 4.48. The minimum atomic E-state index is -0.627. The third-order valence-corrected chi connectivity index (χ3v) is 4.11. The number of ether oxygens (including phenoxy) is 2. The number of hydrogen-bond acceptors (Lipinski definition) is 6. The van der Waals surface area contributed by atoms with Crippen molar-refractivity contribution in [2.24, 2.45) is 0 Å². The van der Waals surface area contributed by atoms with Crippen molar-refractivity contribution >= 4 is 27.5 Å². The second-order valence-corrected chi connectivity index (χ2v) is 5.68. The van der Waals surface area contributed by atoms with E-state index >= 15 is 0 Å². The number of carbonyl (C=O) groups excluding carboxylic acids is 1. The molecule has 0 radical (unpaired) electrons. The van der Waals surface area contributed by atoms with Crippen LogP contribution in [0.25, 0.3) is 10.2 Å². The standard InChI is InChI=1S/C13H16N2O4S/c1-6-8(3)20-13-10(6)12(17)14-11(15-13)7(2)19-9(16)5-18-4/h7H,5H2,1-4H3,(H,14,15,17)/t7-/m0/s1. The van der Waals surface area contributed by atoms with E-state index < -0.39 is 12.1 Å². The topological polar surface area (TPSA) is 81.3 Å². The number of hydrogen-bond donors (Lipinski definition) is 1. The summed E-state index contributed by atoms with van der Waals surface area (Å²) in [5.41, 5.74) is 0.732. The molecule has 2 aromatic heterocycles. The van der Waals surface area contributed by atoms with Crippen molar-refractivity contribution < 1.29 is 14.3 Å². The van der Waals surface area contributed by atoms with Crippen molar-refractivity contribution in [1.29, 1.82) is 0 Å². The van der Waals surface area contributed by atoms with Gasteiger partial charge in [-0.3, -0.25) is 4.79 Å². The number of rotatable bonds is 4. The number of carbonyl (C=O) groups is 1. The monoisotopic (exact) mass is 296 g/mol. The molecule has 0 fully saturated rings. The summed E-state index contributed by atoms with van der Waals surface area (Å²) >= 11 is 1.46. The largest absolute Gasteiger partial charge is 0.453 e. The fraction of sp³-hybridized carbons (Fsp3) is 0.462. The molecule has 6 nitrogen and oxygen atoms in total. The molecule has 0 aliphatic carbocycles. The second kappa shape index (κ2) is 5.72. The molecule has 20 heavy (non-hydrogen) atoms. The van der Waals surface area contributed by atoms with E-state index in [1.807, 2.05) is 13.8 Å². The Labute approximate surface area is 119 Å². The molecule has 0 amide bonds. The van der Waals surface area contributed by atoms with Crippen molar-refractivity contribution in [3.8, 4) is 0 Å². The summed E-state index contributed by atoms with van der Waals surface area (Å²) in [6.45, 7) is 5.37. The van der Waals surface area contributed by atoms with Crippen molar-refractivity contribution in [2.45, 2.75) is 26.9 Å². The van der Waals surface area contributed by atoms with Crippen LogP contribution < -0.4 is 5.56 Å². The van der Waals surface area contributed by atoms with Gasteiger partial charge in [0, 0.05) is 12.0 Å². The highest BCUT2D eigenvalue weighted by Gasteiger charge is 2.17. The van der Waals surface area contributed by atoms with Crippen LogP contribution in [-0.4, -0.2) is 29.7 Å². The van der Waals surface area contributed by atoms with E-state index in [1.54, 1.807) is 6.92 Å². The van der Waals surface area contributed by atoms with Crippen LogP contribution >= 0.6 is 11.3 Å². The molecule has 2 rings (SSSR count). The van der Waals surface area contributed by atoms with E-state index in [1.165, 1.54) is 18.4 Å². The maximum absolute atomic E-state index is 12.1. The molecular weight excluding hydrogens is 280 g/mol. The molecule has 0 aromatic carbocycles. The van der Waals surface area contributed by atoms with Gasteiger partial charge in [-0.2, -0.15) is 0 Å². The molecule has 1 atom stereocenters. The van der Waals surface area contributed by atoms with Gasteiger partial charge in [0.1, 0.15) is 11.4 Å². The normalized spacial score (nSPS) is 12.6. The molecule has 2 aromatic rings. The molecule has 0 spiro atoms. The lowest BCUT2D eigenvalue weighted by atomic mass is 10.2. The fourth-order valence-corrected chi connectivity index (χ4v) is 2.91. The molecule has 1 N–H and O–H groups in total. The summed E-state index contributed by atoms with van der Waals surface area (Å²) < 4.78 is 9.81. The van der Waals surface area contributed by atoms with E-state index in [-0.39, 0.29) is 12.2 Å². The van der Waals surface area contributed by atoms with Gasteiger partial charge in [-0.1, -0.05) is 0 Å². The van der Waals surface area contributed by atoms with Crippen molar-refractivity contribution in [3.63, 3.8) is 0 Å². The molecule has 0 aliphatic rings. The number of nitrogens with zero attached hydrogens (tertiary/aromatic N) is 1. The van der Waals surface area contributed by atoms with Crippen LogP contribution in [0.5, 0.6) is 0 Å². The molecule has 108 valence electrons. The first-order chi connectivity index (χ1) is 9.43. The minimum absolute atomic E-state index is 0.131. The SMILES string of the molecule is COCC(=O)O[C@@H](C)c1nc2sc(C)c(C)c2c(=O)[nH]1. The highest BCUT2D eigenvalue weighted by molar-refractivity contribution is 7.18. The summed E-state index contributed by atoms with van der Waals surface area (Å²) in [5.74, 6) is -0.158. The Hall–Kier alpha value is -1.73. The van der Waals surface area contributed by atoms with Crippen LogP contribution in [-0.2, 0) is 14.3 Å². The molecular formula is C13H16N2O4S. The number of nitrogens with one attached hydrogen (secondary N) is 1. The van der Waals surface area contributed by atoms with Crippen LogP contribution in [0, 0.1) is 13.8 Å². The van der Waals surface area contributed by atoms with Crippen molar-refractivity contribution in [1.82, 2.24) is 9.97 Å². The number of H-pyrrole nitrogens is 1. The van der Waals surface area contributed by atoms with Gasteiger partial charge in [-0.05, 0) is 26.3 Å². The first-order valence-corrected chi connectivity index (χ1v) is 6.94. The Kier molecular flexibility index (Phi) is 4.20.